The van der Waals surface area contributed by atoms with Crippen molar-refractivity contribution in [3.05, 3.63) is 29.3 Å². The summed E-state index contributed by atoms with van der Waals surface area (Å²) < 4.78 is 38.4. The number of amides is 1. The molecule has 3 nitrogen and oxygen atoms in total. The van der Waals surface area contributed by atoms with E-state index < -0.39 is 17.5 Å². The Balaban J connectivity index is 2.06. The van der Waals surface area contributed by atoms with Gasteiger partial charge in [-0.2, -0.15) is 18.2 Å². The van der Waals surface area contributed by atoms with Crippen LogP contribution >= 0.6 is 12.2 Å². The number of thiocarbonyl (C=S) groups is 1. The number of benzene rings is 1. The minimum Gasteiger partial charge on any atom is -0.351 e. The molecule has 0 aliphatic heterocycles. The molecular formula is C14H13F3N2OS. The lowest BCUT2D eigenvalue weighted by Crippen LogP contribution is -2.40. The van der Waals surface area contributed by atoms with Crippen LogP contribution in [0, 0.1) is 12.3 Å². The summed E-state index contributed by atoms with van der Waals surface area (Å²) in [5, 5.41) is 4.59. The molecule has 0 aromatic heterocycles. The van der Waals surface area contributed by atoms with Crippen molar-refractivity contribution in [2.24, 2.45) is 10.4 Å². The molecule has 0 bridgehead atoms. The maximum atomic E-state index is 12.8. The molecule has 2 rings (SSSR count). The Morgan fingerprint density at radius 3 is 2.67 bits per heavy atom. The van der Waals surface area contributed by atoms with E-state index in [9.17, 15) is 18.0 Å². The molecule has 1 aromatic rings. The quantitative estimate of drug-likeness (QED) is 0.680. The minimum atomic E-state index is -4.49. The van der Waals surface area contributed by atoms with E-state index in [1.165, 1.54) is 0 Å². The summed E-state index contributed by atoms with van der Waals surface area (Å²) in [5.41, 5.74) is -0.0615. The van der Waals surface area contributed by atoms with E-state index in [0.29, 0.717) is 11.3 Å². The lowest BCUT2D eigenvalue weighted by Gasteiger charge is -2.18. The second-order valence-corrected chi connectivity index (χ2v) is 5.27. The third kappa shape index (κ3) is 3.14. The van der Waals surface area contributed by atoms with Gasteiger partial charge in [0, 0.05) is 6.54 Å². The van der Waals surface area contributed by atoms with E-state index in [4.69, 9.17) is 0 Å². The van der Waals surface area contributed by atoms with E-state index >= 15 is 0 Å². The fourth-order valence-electron chi connectivity index (χ4n) is 2.05. The Hall–Kier alpha value is -1.72. The zero-order valence-electron chi connectivity index (χ0n) is 11.3. The Morgan fingerprint density at radius 1 is 1.48 bits per heavy atom. The van der Waals surface area contributed by atoms with Gasteiger partial charge in [-0.05, 0) is 49.2 Å². The molecule has 0 unspecified atom stereocenters. The van der Waals surface area contributed by atoms with Crippen LogP contribution in [0.25, 0.3) is 0 Å². The van der Waals surface area contributed by atoms with Gasteiger partial charge in [0.2, 0.25) is 5.91 Å². The number of carbonyl (C=O) groups excluding carboxylic acids is 1. The number of nitrogens with one attached hydrogen (secondary N) is 1. The van der Waals surface area contributed by atoms with Gasteiger partial charge in [-0.1, -0.05) is 12.1 Å². The van der Waals surface area contributed by atoms with Gasteiger partial charge >= 0.3 is 6.18 Å². The number of hydrogen-bond acceptors (Lipinski definition) is 3. The lowest BCUT2D eigenvalue weighted by atomic mass is 10.1. The van der Waals surface area contributed by atoms with Crippen LogP contribution in [-0.2, 0) is 11.3 Å². The second-order valence-electron chi connectivity index (χ2n) is 5.09. The third-order valence-electron chi connectivity index (χ3n) is 3.62. The summed E-state index contributed by atoms with van der Waals surface area (Å²) in [4.78, 5) is 15.6. The van der Waals surface area contributed by atoms with Crippen molar-refractivity contribution in [2.75, 3.05) is 0 Å². The second kappa shape index (κ2) is 5.58. The highest BCUT2D eigenvalue weighted by atomic mass is 32.1. The molecule has 0 atom stereocenters. The van der Waals surface area contributed by atoms with Crippen molar-refractivity contribution in [1.29, 1.82) is 0 Å². The maximum absolute atomic E-state index is 12.8. The number of halogens is 3. The molecule has 21 heavy (non-hydrogen) atoms. The molecule has 1 aliphatic carbocycles. The van der Waals surface area contributed by atoms with E-state index in [-0.39, 0.29) is 19.4 Å². The van der Waals surface area contributed by atoms with Crippen LogP contribution in [0.15, 0.2) is 23.2 Å². The molecule has 112 valence electrons. The van der Waals surface area contributed by atoms with Crippen LogP contribution in [-0.4, -0.2) is 17.2 Å². The van der Waals surface area contributed by atoms with Crippen LogP contribution in [0.1, 0.15) is 24.0 Å². The van der Waals surface area contributed by atoms with Crippen LogP contribution < -0.4 is 5.32 Å². The van der Waals surface area contributed by atoms with Gasteiger partial charge in [-0.15, -0.1) is 0 Å². The monoisotopic (exact) mass is 314 g/mol. The number of alkyl halides is 3. The third-order valence-corrected chi connectivity index (χ3v) is 3.71. The molecule has 1 N–H and O–H groups in total. The van der Waals surface area contributed by atoms with Gasteiger partial charge in [0.15, 0.2) is 0 Å². The highest BCUT2D eigenvalue weighted by Crippen LogP contribution is 2.57. The summed E-state index contributed by atoms with van der Waals surface area (Å²) in [6.07, 6.45) is -4.77. The van der Waals surface area contributed by atoms with Crippen molar-refractivity contribution in [2.45, 2.75) is 32.5 Å². The summed E-state index contributed by atoms with van der Waals surface area (Å²) in [6.45, 7) is 1.85. The summed E-state index contributed by atoms with van der Waals surface area (Å²) >= 11 is 4.53. The molecule has 0 saturated heterocycles. The van der Waals surface area contributed by atoms with Crippen molar-refractivity contribution in [3.8, 4) is 0 Å². The number of nitrogens with zero attached hydrogens (tertiary/aromatic N) is 1. The average Bonchev–Trinajstić information content (AvgIpc) is 3.20. The number of rotatable bonds is 4. The fraction of sp³-hybridized carbons (Fsp3) is 0.429. The van der Waals surface area contributed by atoms with Crippen molar-refractivity contribution in [3.63, 3.8) is 0 Å². The Kier molecular flexibility index (Phi) is 4.16. The zero-order chi connectivity index (χ0) is 15.7. The number of carbonyl (C=O) groups is 1. The van der Waals surface area contributed by atoms with Gasteiger partial charge < -0.3 is 5.32 Å². The average molecular weight is 314 g/mol. The molecule has 1 fully saturated rings. The smallest absolute Gasteiger partial charge is 0.351 e. The Bertz CT molecular complexity index is 617. The minimum absolute atomic E-state index is 0.0247. The first kappa shape index (κ1) is 15.7. The van der Waals surface area contributed by atoms with Gasteiger partial charge in [-0.25, -0.2) is 0 Å². The van der Waals surface area contributed by atoms with Crippen molar-refractivity contribution >= 4 is 29.0 Å². The molecular weight excluding hydrogens is 301 g/mol. The van der Waals surface area contributed by atoms with Crippen molar-refractivity contribution < 1.29 is 18.0 Å². The molecule has 7 heteroatoms. The van der Waals surface area contributed by atoms with Gasteiger partial charge in [0.25, 0.3) is 0 Å². The predicted molar refractivity (Wildman–Crippen MR) is 75.4 cm³/mol. The SMILES string of the molecule is Cc1ccc(CNC(=O)C2(C(F)(F)F)CC2)cc1N=C=S. The largest absolute Gasteiger partial charge is 0.403 e. The normalized spacial score (nSPS) is 16.0. The van der Waals surface area contributed by atoms with Gasteiger partial charge in [-0.3, -0.25) is 4.79 Å². The molecule has 0 spiro atoms. The molecule has 0 heterocycles. The summed E-state index contributed by atoms with van der Waals surface area (Å²) in [5.74, 6) is -0.963. The molecule has 0 radical (unpaired) electrons. The van der Waals surface area contributed by atoms with E-state index in [1.54, 1.807) is 18.2 Å². The van der Waals surface area contributed by atoms with Crippen LogP contribution in [0.5, 0.6) is 0 Å². The number of aliphatic imine (C=N–C) groups is 1. The topological polar surface area (TPSA) is 41.5 Å². The molecule has 1 saturated carbocycles. The highest BCUT2D eigenvalue weighted by Gasteiger charge is 2.68. The highest BCUT2D eigenvalue weighted by molar-refractivity contribution is 7.78. The molecule has 1 aliphatic rings. The van der Waals surface area contributed by atoms with Gasteiger partial charge in [0.1, 0.15) is 5.41 Å². The van der Waals surface area contributed by atoms with E-state index in [1.807, 2.05) is 6.92 Å². The Labute approximate surface area is 125 Å². The van der Waals surface area contributed by atoms with Crippen LogP contribution in [0.4, 0.5) is 18.9 Å². The van der Waals surface area contributed by atoms with Crippen LogP contribution in [0.3, 0.4) is 0 Å². The number of hydrogen-bond donors (Lipinski definition) is 1. The first-order chi connectivity index (χ1) is 9.80. The summed E-state index contributed by atoms with van der Waals surface area (Å²) in [6, 6.07) is 5.16. The van der Waals surface area contributed by atoms with Crippen molar-refractivity contribution in [1.82, 2.24) is 5.32 Å². The van der Waals surface area contributed by atoms with Gasteiger partial charge in [0.05, 0.1) is 10.8 Å². The Morgan fingerprint density at radius 2 is 2.14 bits per heavy atom. The van der Waals surface area contributed by atoms with E-state index in [2.05, 4.69) is 27.7 Å². The molecule has 1 amide bonds. The van der Waals surface area contributed by atoms with E-state index in [0.717, 1.165) is 5.56 Å². The first-order valence-electron chi connectivity index (χ1n) is 6.32. The fourth-order valence-corrected chi connectivity index (χ4v) is 2.15. The maximum Gasteiger partial charge on any atom is 0.403 e. The summed E-state index contributed by atoms with van der Waals surface area (Å²) in [7, 11) is 0. The number of isothiocyanates is 1. The van der Waals surface area contributed by atoms with Crippen LogP contribution in [0.2, 0.25) is 0 Å². The lowest BCUT2D eigenvalue weighted by molar-refractivity contribution is -0.192. The molecule has 1 aromatic carbocycles. The number of aryl methyl sites for hydroxylation is 1. The predicted octanol–water partition coefficient (Wildman–Crippen LogP) is 3.69. The standard InChI is InChI=1S/C14H13F3N2OS/c1-9-2-3-10(6-11(9)19-8-21)7-18-12(20)13(4-5-13)14(15,16)17/h2-3,6H,4-5,7H2,1H3,(H,18,20). The first-order valence-corrected chi connectivity index (χ1v) is 6.73. The zero-order valence-corrected chi connectivity index (χ0v) is 12.1.